The number of nitrogens with one attached hydrogen (secondary N) is 4. The van der Waals surface area contributed by atoms with Crippen LogP contribution in [-0.2, 0) is 46.8 Å². The number of para-hydroxylation sites is 1. The van der Waals surface area contributed by atoms with Gasteiger partial charge in [-0.1, -0.05) is 74.5 Å². The van der Waals surface area contributed by atoms with Crippen LogP contribution in [0, 0.1) is 5.92 Å². The zero-order chi connectivity index (χ0) is 39.1. The van der Waals surface area contributed by atoms with E-state index in [1.54, 1.807) is 50.2 Å². The molecule has 0 saturated heterocycles. The Hall–Kier alpha value is -5.39. The van der Waals surface area contributed by atoms with Gasteiger partial charge in [0.15, 0.2) is 9.84 Å². The van der Waals surface area contributed by atoms with Crippen molar-refractivity contribution < 1.29 is 52.4 Å². The van der Waals surface area contributed by atoms with Crippen molar-refractivity contribution in [2.45, 2.75) is 76.5 Å². The van der Waals surface area contributed by atoms with Crippen LogP contribution in [0.5, 0.6) is 0 Å². The predicted octanol–water partition coefficient (Wildman–Crippen LogP) is 1.87. The SMILES string of the molecule is CC(C)C(NC(=O)C(CCc1ccc2ccccc2n1)NC(O)C(CC(=O)O)NC(=O)OCc1ccccc1)C(=O)NC(C=CS(C)(=O)=O)CC(=O)O. The van der Waals surface area contributed by atoms with Gasteiger partial charge < -0.3 is 36.0 Å². The lowest BCUT2D eigenvalue weighted by Crippen LogP contribution is -2.60. The molecule has 0 radical (unpaired) electrons. The first kappa shape index (κ1) is 42.0. The number of aliphatic hydroxyl groups is 1. The number of hydrogen-bond acceptors (Lipinski definition) is 11. The van der Waals surface area contributed by atoms with Gasteiger partial charge in [-0.15, -0.1) is 0 Å². The van der Waals surface area contributed by atoms with Crippen molar-refractivity contribution in [3.05, 3.63) is 89.5 Å². The maximum Gasteiger partial charge on any atom is 0.407 e. The highest BCUT2D eigenvalue weighted by Crippen LogP contribution is 2.15. The van der Waals surface area contributed by atoms with Gasteiger partial charge in [-0.25, -0.2) is 13.2 Å². The molecule has 0 bridgehead atoms. The molecule has 17 heteroatoms. The lowest BCUT2D eigenvalue weighted by Gasteiger charge is -2.30. The first-order valence-electron chi connectivity index (χ1n) is 16.7. The molecule has 16 nitrogen and oxygen atoms in total. The Morgan fingerprint density at radius 2 is 1.51 bits per heavy atom. The van der Waals surface area contributed by atoms with Crippen LogP contribution in [0.25, 0.3) is 10.9 Å². The minimum atomic E-state index is -3.65. The maximum absolute atomic E-state index is 13.9. The molecular weight excluding hydrogens is 710 g/mol. The van der Waals surface area contributed by atoms with Crippen molar-refractivity contribution in [3.63, 3.8) is 0 Å². The Labute approximate surface area is 306 Å². The summed E-state index contributed by atoms with van der Waals surface area (Å²) in [6.07, 6.45) is -2.11. The number of aryl methyl sites for hydroxylation is 1. The molecule has 2 aromatic carbocycles. The number of ether oxygens (including phenoxy) is 1. The molecule has 3 amide bonds. The van der Waals surface area contributed by atoms with E-state index >= 15 is 0 Å². The molecule has 0 aliphatic carbocycles. The summed E-state index contributed by atoms with van der Waals surface area (Å²) in [5.74, 6) is -4.83. The van der Waals surface area contributed by atoms with E-state index in [4.69, 9.17) is 4.74 Å². The number of amides is 3. The average molecular weight is 756 g/mol. The molecule has 3 rings (SSSR count). The molecule has 286 valence electrons. The lowest BCUT2D eigenvalue weighted by molar-refractivity contribution is -0.139. The van der Waals surface area contributed by atoms with E-state index in [9.17, 15) is 47.7 Å². The van der Waals surface area contributed by atoms with Crippen LogP contribution in [0.1, 0.15) is 44.4 Å². The van der Waals surface area contributed by atoms with E-state index in [2.05, 4.69) is 26.3 Å². The number of aliphatic carboxylic acids is 2. The van der Waals surface area contributed by atoms with Gasteiger partial charge in [0.05, 0.1) is 36.5 Å². The van der Waals surface area contributed by atoms with Gasteiger partial charge in [-0.05, 0) is 36.5 Å². The summed E-state index contributed by atoms with van der Waals surface area (Å²) in [6, 6.07) is 14.5. The van der Waals surface area contributed by atoms with E-state index in [0.29, 0.717) is 16.8 Å². The Kier molecular flexibility index (Phi) is 15.9. The van der Waals surface area contributed by atoms with Gasteiger partial charge >= 0.3 is 18.0 Å². The first-order valence-corrected chi connectivity index (χ1v) is 18.6. The molecule has 53 heavy (non-hydrogen) atoms. The summed E-state index contributed by atoms with van der Waals surface area (Å²) in [5, 5.41) is 41.8. The number of alkyl carbamates (subject to hydrolysis) is 1. The molecule has 0 spiro atoms. The van der Waals surface area contributed by atoms with Gasteiger partial charge in [0.1, 0.15) is 18.9 Å². The second-order valence-corrected chi connectivity index (χ2v) is 14.6. The Bertz CT molecular complexity index is 1870. The largest absolute Gasteiger partial charge is 0.481 e. The number of rotatable bonds is 20. The van der Waals surface area contributed by atoms with E-state index in [1.165, 1.54) is 0 Å². The van der Waals surface area contributed by atoms with E-state index < -0.39 is 88.8 Å². The number of carbonyl (C=O) groups is 5. The smallest absolute Gasteiger partial charge is 0.407 e. The molecule has 0 aliphatic rings. The molecule has 7 N–H and O–H groups in total. The highest BCUT2D eigenvalue weighted by molar-refractivity contribution is 7.93. The third kappa shape index (κ3) is 15.0. The van der Waals surface area contributed by atoms with Gasteiger partial charge in [0.25, 0.3) is 0 Å². The molecule has 0 aliphatic heterocycles. The van der Waals surface area contributed by atoms with Crippen molar-refractivity contribution in [1.29, 1.82) is 0 Å². The molecule has 5 atom stereocenters. The number of sulfone groups is 1. The summed E-state index contributed by atoms with van der Waals surface area (Å²) in [6.45, 7) is 3.11. The maximum atomic E-state index is 13.9. The number of aromatic nitrogens is 1. The topological polar surface area (TPSA) is 250 Å². The number of pyridine rings is 1. The average Bonchev–Trinajstić information content (AvgIpc) is 3.09. The van der Waals surface area contributed by atoms with Crippen molar-refractivity contribution in [1.82, 2.24) is 26.3 Å². The van der Waals surface area contributed by atoms with Crippen molar-refractivity contribution in [2.24, 2.45) is 5.92 Å². The number of benzene rings is 2. The summed E-state index contributed by atoms with van der Waals surface area (Å²) in [7, 11) is -3.65. The summed E-state index contributed by atoms with van der Waals surface area (Å²) in [5.41, 5.74) is 1.96. The number of hydrogen-bond donors (Lipinski definition) is 7. The molecule has 0 saturated carbocycles. The number of carbonyl (C=O) groups excluding carboxylic acids is 3. The van der Waals surface area contributed by atoms with Crippen LogP contribution >= 0.6 is 0 Å². The lowest BCUT2D eigenvalue weighted by atomic mass is 10.0. The highest BCUT2D eigenvalue weighted by Gasteiger charge is 2.33. The third-order valence-corrected chi connectivity index (χ3v) is 8.50. The van der Waals surface area contributed by atoms with Crippen LogP contribution in [0.3, 0.4) is 0 Å². The molecule has 0 fully saturated rings. The zero-order valence-electron chi connectivity index (χ0n) is 29.5. The fraction of sp³-hybridized carbons (Fsp3) is 0.389. The quantitative estimate of drug-likeness (QED) is 0.0815. The van der Waals surface area contributed by atoms with Gasteiger partial charge in [0, 0.05) is 22.7 Å². The summed E-state index contributed by atoms with van der Waals surface area (Å²) >= 11 is 0. The molecule has 5 unspecified atom stereocenters. The molecule has 1 aromatic heterocycles. The number of nitrogens with zero attached hydrogens (tertiary/aromatic N) is 1. The van der Waals surface area contributed by atoms with Crippen LogP contribution in [0.15, 0.2) is 78.2 Å². The minimum Gasteiger partial charge on any atom is -0.481 e. The second kappa shape index (κ2) is 20.0. The normalized spacial score (nSPS) is 14.5. The summed E-state index contributed by atoms with van der Waals surface area (Å²) in [4.78, 5) is 67.7. The minimum absolute atomic E-state index is 0.0162. The molecule has 3 aromatic rings. The zero-order valence-corrected chi connectivity index (χ0v) is 30.3. The first-order chi connectivity index (χ1) is 25.0. The Balaban J connectivity index is 1.84. The fourth-order valence-electron chi connectivity index (χ4n) is 5.15. The van der Waals surface area contributed by atoms with Crippen molar-refractivity contribution >= 4 is 50.6 Å². The van der Waals surface area contributed by atoms with Gasteiger partial charge in [-0.3, -0.25) is 29.5 Å². The van der Waals surface area contributed by atoms with Crippen LogP contribution in [-0.4, -0.2) is 95.2 Å². The van der Waals surface area contributed by atoms with Crippen LogP contribution < -0.4 is 21.3 Å². The Morgan fingerprint density at radius 1 is 0.849 bits per heavy atom. The van der Waals surface area contributed by atoms with E-state index in [1.807, 2.05) is 30.3 Å². The van der Waals surface area contributed by atoms with E-state index in [-0.39, 0.29) is 19.4 Å². The Morgan fingerprint density at radius 3 is 2.15 bits per heavy atom. The number of aliphatic hydroxyl groups excluding tert-OH is 1. The van der Waals surface area contributed by atoms with Crippen molar-refractivity contribution in [3.8, 4) is 0 Å². The molecular formula is C36H45N5O11S. The third-order valence-electron chi connectivity index (χ3n) is 7.85. The van der Waals surface area contributed by atoms with Gasteiger partial charge in [-0.2, -0.15) is 0 Å². The predicted molar refractivity (Wildman–Crippen MR) is 194 cm³/mol. The molecule has 1 heterocycles. The second-order valence-electron chi connectivity index (χ2n) is 12.7. The fourth-order valence-corrected chi connectivity index (χ4v) is 5.63. The number of carboxylic acid groups (broad SMARTS) is 2. The van der Waals surface area contributed by atoms with Crippen LogP contribution in [0.4, 0.5) is 4.79 Å². The summed E-state index contributed by atoms with van der Waals surface area (Å²) < 4.78 is 28.5. The number of carboxylic acids is 2. The van der Waals surface area contributed by atoms with Crippen molar-refractivity contribution in [2.75, 3.05) is 6.26 Å². The van der Waals surface area contributed by atoms with Crippen LogP contribution in [0.2, 0.25) is 0 Å². The van der Waals surface area contributed by atoms with E-state index in [0.717, 1.165) is 23.1 Å². The highest BCUT2D eigenvalue weighted by atomic mass is 32.2. The standard InChI is InChI=1S/C36H45N5O11S/c1-22(2)32(35(48)38-26(19-30(42)43)17-18-53(3,50)51)41-33(46)28(16-15-25-14-13-24-11-7-8-12-27(24)37-25)39-34(47)29(20-31(44)45)40-36(49)52-21-23-9-5-4-6-10-23/h4-14,17-18,22,26,28-29,32,34,39,47H,15-16,19-21H2,1-3H3,(H,38,48)(H,40,49)(H,41,46)(H,42,43)(H,44,45). The monoisotopic (exact) mass is 755 g/mol. The van der Waals surface area contributed by atoms with Gasteiger partial charge in [0.2, 0.25) is 11.8 Å². The number of fused-ring (bicyclic) bond motifs is 1.